The number of hydrogen-bond acceptors (Lipinski definition) is 3. The normalized spacial score (nSPS) is 12.2. The monoisotopic (exact) mass is 261 g/mol. The van der Waals surface area contributed by atoms with Crippen LogP contribution in [0.3, 0.4) is 0 Å². The van der Waals surface area contributed by atoms with Crippen LogP contribution in [-0.4, -0.2) is 24.5 Å². The first-order chi connectivity index (χ1) is 9.02. The van der Waals surface area contributed by atoms with E-state index < -0.39 is 12.1 Å². The van der Waals surface area contributed by atoms with Crippen LogP contribution in [0.25, 0.3) is 6.08 Å². The highest BCUT2D eigenvalue weighted by atomic mass is 16.5. The van der Waals surface area contributed by atoms with Crippen molar-refractivity contribution in [3.8, 4) is 0 Å². The standard InChI is InChI=1S/C15H19NO3/c1-4-16-15(18)12(3)19-14(17)10-9-13-7-5-11(2)6-8-13/h5-10,12H,4H2,1-3H3,(H,16,18)/b10-9+/t12-/m0/s1. The van der Waals surface area contributed by atoms with Crippen molar-refractivity contribution in [2.24, 2.45) is 0 Å². The number of likely N-dealkylation sites (N-methyl/N-ethyl adjacent to an activating group) is 1. The molecule has 0 aliphatic heterocycles. The molecule has 0 aliphatic rings. The molecule has 1 atom stereocenters. The van der Waals surface area contributed by atoms with Crippen LogP contribution in [0.15, 0.2) is 30.3 Å². The van der Waals surface area contributed by atoms with E-state index in [1.54, 1.807) is 13.0 Å². The van der Waals surface area contributed by atoms with E-state index in [0.717, 1.165) is 11.1 Å². The van der Waals surface area contributed by atoms with E-state index in [1.165, 1.54) is 6.08 Å². The fourth-order valence-electron chi connectivity index (χ4n) is 1.43. The van der Waals surface area contributed by atoms with Gasteiger partial charge in [0.25, 0.3) is 5.91 Å². The molecule has 0 unspecified atom stereocenters. The number of esters is 1. The summed E-state index contributed by atoms with van der Waals surface area (Å²) in [7, 11) is 0. The van der Waals surface area contributed by atoms with Gasteiger partial charge in [0, 0.05) is 12.6 Å². The number of carbonyl (C=O) groups is 2. The predicted octanol–water partition coefficient (Wildman–Crippen LogP) is 2.08. The molecular formula is C15H19NO3. The maximum atomic E-state index is 11.5. The Morgan fingerprint density at radius 2 is 1.95 bits per heavy atom. The van der Waals surface area contributed by atoms with Gasteiger partial charge in [-0.05, 0) is 32.4 Å². The number of carbonyl (C=O) groups excluding carboxylic acids is 2. The molecule has 0 fully saturated rings. The highest BCUT2D eigenvalue weighted by Crippen LogP contribution is 2.05. The lowest BCUT2D eigenvalue weighted by Gasteiger charge is -2.10. The van der Waals surface area contributed by atoms with Gasteiger partial charge in [-0.25, -0.2) is 4.79 Å². The molecule has 0 bridgehead atoms. The van der Waals surface area contributed by atoms with Gasteiger partial charge in [-0.15, -0.1) is 0 Å². The lowest BCUT2D eigenvalue weighted by atomic mass is 10.1. The Labute approximate surface area is 113 Å². The van der Waals surface area contributed by atoms with Crippen molar-refractivity contribution < 1.29 is 14.3 Å². The number of aryl methyl sites for hydroxylation is 1. The van der Waals surface area contributed by atoms with Crippen molar-refractivity contribution in [3.63, 3.8) is 0 Å². The van der Waals surface area contributed by atoms with Gasteiger partial charge in [0.05, 0.1) is 0 Å². The summed E-state index contributed by atoms with van der Waals surface area (Å²) in [6.45, 7) is 5.86. The molecule has 1 aromatic rings. The van der Waals surface area contributed by atoms with Crippen LogP contribution in [0.4, 0.5) is 0 Å². The largest absolute Gasteiger partial charge is 0.449 e. The van der Waals surface area contributed by atoms with Crippen molar-refractivity contribution in [2.75, 3.05) is 6.54 Å². The van der Waals surface area contributed by atoms with Gasteiger partial charge in [0.1, 0.15) is 0 Å². The Hall–Kier alpha value is -2.10. The summed E-state index contributed by atoms with van der Waals surface area (Å²) in [6, 6.07) is 7.74. The number of rotatable bonds is 5. The average molecular weight is 261 g/mol. The minimum atomic E-state index is -0.782. The molecule has 0 saturated heterocycles. The molecule has 4 heteroatoms. The van der Waals surface area contributed by atoms with Crippen LogP contribution in [0, 0.1) is 6.92 Å². The third-order valence-electron chi connectivity index (χ3n) is 2.50. The zero-order valence-electron chi connectivity index (χ0n) is 11.5. The van der Waals surface area contributed by atoms with E-state index in [4.69, 9.17) is 4.74 Å². The number of ether oxygens (including phenoxy) is 1. The first-order valence-electron chi connectivity index (χ1n) is 6.26. The van der Waals surface area contributed by atoms with Gasteiger partial charge in [0.2, 0.25) is 0 Å². The first kappa shape index (κ1) is 15.0. The summed E-state index contributed by atoms with van der Waals surface area (Å²) in [5.74, 6) is -0.820. The van der Waals surface area contributed by atoms with Gasteiger partial charge in [-0.1, -0.05) is 29.8 Å². The van der Waals surface area contributed by atoms with E-state index in [2.05, 4.69) is 5.32 Å². The lowest BCUT2D eigenvalue weighted by molar-refractivity contribution is -0.150. The quantitative estimate of drug-likeness (QED) is 0.652. The Morgan fingerprint density at radius 1 is 1.32 bits per heavy atom. The second-order valence-electron chi connectivity index (χ2n) is 4.22. The minimum Gasteiger partial charge on any atom is -0.449 e. The molecule has 19 heavy (non-hydrogen) atoms. The van der Waals surface area contributed by atoms with Crippen molar-refractivity contribution in [1.29, 1.82) is 0 Å². The SMILES string of the molecule is CCNC(=O)[C@H](C)OC(=O)/C=C/c1ccc(C)cc1. The molecule has 0 saturated carbocycles. The highest BCUT2D eigenvalue weighted by Gasteiger charge is 2.14. The molecule has 102 valence electrons. The van der Waals surface area contributed by atoms with Crippen LogP contribution in [0.2, 0.25) is 0 Å². The second-order valence-corrected chi connectivity index (χ2v) is 4.22. The maximum absolute atomic E-state index is 11.5. The number of nitrogens with one attached hydrogen (secondary N) is 1. The Kier molecular flexibility index (Phi) is 5.79. The third kappa shape index (κ3) is 5.38. The van der Waals surface area contributed by atoms with Gasteiger partial charge < -0.3 is 10.1 Å². The molecule has 0 spiro atoms. The third-order valence-corrected chi connectivity index (χ3v) is 2.50. The second kappa shape index (κ2) is 7.36. The molecule has 0 aromatic heterocycles. The number of amides is 1. The Bertz CT molecular complexity index is 463. The van der Waals surface area contributed by atoms with Crippen LogP contribution in [0.1, 0.15) is 25.0 Å². The van der Waals surface area contributed by atoms with Crippen molar-refractivity contribution >= 4 is 18.0 Å². The summed E-state index contributed by atoms with van der Waals surface area (Å²) < 4.78 is 4.97. The summed E-state index contributed by atoms with van der Waals surface area (Å²) in [5, 5.41) is 2.59. The van der Waals surface area contributed by atoms with Crippen LogP contribution in [-0.2, 0) is 14.3 Å². The Morgan fingerprint density at radius 3 is 2.53 bits per heavy atom. The molecule has 1 amide bonds. The molecule has 1 aromatic carbocycles. The molecule has 4 nitrogen and oxygen atoms in total. The van der Waals surface area contributed by atoms with E-state index in [1.807, 2.05) is 38.1 Å². The van der Waals surface area contributed by atoms with E-state index >= 15 is 0 Å². The molecular weight excluding hydrogens is 242 g/mol. The molecule has 0 heterocycles. The average Bonchev–Trinajstić information content (AvgIpc) is 2.38. The summed E-state index contributed by atoms with van der Waals surface area (Å²) in [5.41, 5.74) is 2.07. The van der Waals surface area contributed by atoms with Gasteiger partial charge in [0.15, 0.2) is 6.10 Å². The topological polar surface area (TPSA) is 55.4 Å². The zero-order chi connectivity index (χ0) is 14.3. The van der Waals surface area contributed by atoms with Gasteiger partial charge in [-0.2, -0.15) is 0 Å². The van der Waals surface area contributed by atoms with E-state index in [-0.39, 0.29) is 5.91 Å². The van der Waals surface area contributed by atoms with E-state index in [0.29, 0.717) is 6.54 Å². The summed E-state index contributed by atoms with van der Waals surface area (Å²) >= 11 is 0. The van der Waals surface area contributed by atoms with Crippen molar-refractivity contribution in [3.05, 3.63) is 41.5 Å². The predicted molar refractivity (Wildman–Crippen MR) is 74.5 cm³/mol. The van der Waals surface area contributed by atoms with Crippen molar-refractivity contribution in [2.45, 2.75) is 26.9 Å². The molecule has 0 radical (unpaired) electrons. The minimum absolute atomic E-state index is 0.292. The number of benzene rings is 1. The fourth-order valence-corrected chi connectivity index (χ4v) is 1.43. The van der Waals surface area contributed by atoms with Crippen LogP contribution >= 0.6 is 0 Å². The number of hydrogen-bond donors (Lipinski definition) is 1. The molecule has 1 N–H and O–H groups in total. The smallest absolute Gasteiger partial charge is 0.331 e. The van der Waals surface area contributed by atoms with Crippen LogP contribution in [0.5, 0.6) is 0 Å². The maximum Gasteiger partial charge on any atom is 0.331 e. The zero-order valence-corrected chi connectivity index (χ0v) is 11.5. The highest BCUT2D eigenvalue weighted by molar-refractivity contribution is 5.90. The van der Waals surface area contributed by atoms with Crippen molar-refractivity contribution in [1.82, 2.24) is 5.32 Å². The fraction of sp³-hybridized carbons (Fsp3) is 0.333. The van der Waals surface area contributed by atoms with Gasteiger partial charge in [-0.3, -0.25) is 4.79 Å². The Balaban J connectivity index is 2.51. The lowest BCUT2D eigenvalue weighted by Crippen LogP contribution is -2.35. The van der Waals surface area contributed by atoms with Gasteiger partial charge >= 0.3 is 5.97 Å². The summed E-state index contributed by atoms with van der Waals surface area (Å²) in [6.07, 6.45) is 2.20. The summed E-state index contributed by atoms with van der Waals surface area (Å²) in [4.78, 5) is 22.9. The molecule has 1 rings (SSSR count). The molecule has 0 aliphatic carbocycles. The van der Waals surface area contributed by atoms with E-state index in [9.17, 15) is 9.59 Å². The first-order valence-corrected chi connectivity index (χ1v) is 6.26. The van der Waals surface area contributed by atoms with Crippen LogP contribution < -0.4 is 5.32 Å².